The molecule has 146 valence electrons. The fraction of sp³-hybridized carbons (Fsp3) is 0.316. The summed E-state index contributed by atoms with van der Waals surface area (Å²) in [5.41, 5.74) is 0.671. The van der Waals surface area contributed by atoms with E-state index in [1.807, 2.05) is 41.8 Å². The molecule has 4 rings (SSSR count). The summed E-state index contributed by atoms with van der Waals surface area (Å²) in [5, 5.41) is 8.95. The third kappa shape index (κ3) is 4.15. The van der Waals surface area contributed by atoms with Gasteiger partial charge in [0.25, 0.3) is 0 Å². The Morgan fingerprint density at radius 1 is 1.21 bits per heavy atom. The molecule has 0 atom stereocenters. The summed E-state index contributed by atoms with van der Waals surface area (Å²) in [6.07, 6.45) is 0. The van der Waals surface area contributed by atoms with Crippen molar-refractivity contribution < 1.29 is 14.1 Å². The number of aromatic nitrogens is 2. The van der Waals surface area contributed by atoms with Gasteiger partial charge in [0.05, 0.1) is 24.2 Å². The van der Waals surface area contributed by atoms with Gasteiger partial charge >= 0.3 is 6.03 Å². The summed E-state index contributed by atoms with van der Waals surface area (Å²) in [6.45, 7) is 3.34. The Kier molecular flexibility index (Phi) is 5.54. The summed E-state index contributed by atoms with van der Waals surface area (Å²) in [6, 6.07) is 11.2. The molecular weight excluding hydrogens is 378 g/mol. The van der Waals surface area contributed by atoms with Crippen molar-refractivity contribution in [2.45, 2.75) is 6.54 Å². The molecule has 3 aromatic rings. The number of methoxy groups -OCH3 is 1. The minimum atomic E-state index is -0.123. The van der Waals surface area contributed by atoms with Gasteiger partial charge in [0.1, 0.15) is 5.75 Å². The van der Waals surface area contributed by atoms with Crippen LogP contribution < -0.4 is 10.1 Å². The lowest BCUT2D eigenvalue weighted by Crippen LogP contribution is -2.49. The molecule has 0 spiro atoms. The van der Waals surface area contributed by atoms with Crippen LogP contribution in [-0.4, -0.2) is 59.3 Å². The molecule has 0 aliphatic carbocycles. The van der Waals surface area contributed by atoms with E-state index in [4.69, 9.17) is 9.26 Å². The largest absolute Gasteiger partial charge is 0.495 e. The normalized spacial score (nSPS) is 14.8. The van der Waals surface area contributed by atoms with Gasteiger partial charge < -0.3 is 19.5 Å². The minimum absolute atomic E-state index is 0.123. The van der Waals surface area contributed by atoms with E-state index in [9.17, 15) is 4.79 Å². The molecule has 2 amide bonds. The molecule has 2 aromatic heterocycles. The molecule has 9 heteroatoms. The number of benzene rings is 1. The predicted octanol–water partition coefficient (Wildman–Crippen LogP) is 3.16. The molecule has 0 radical (unpaired) electrons. The summed E-state index contributed by atoms with van der Waals surface area (Å²) in [7, 11) is 1.59. The molecule has 1 aliphatic rings. The van der Waals surface area contributed by atoms with Gasteiger partial charge in [-0.05, 0) is 23.6 Å². The van der Waals surface area contributed by atoms with Gasteiger partial charge in [-0.3, -0.25) is 4.90 Å². The number of hydrogen-bond donors (Lipinski definition) is 1. The van der Waals surface area contributed by atoms with Crippen molar-refractivity contribution in [2.24, 2.45) is 0 Å². The lowest BCUT2D eigenvalue weighted by Gasteiger charge is -2.33. The second-order valence-corrected chi connectivity index (χ2v) is 7.33. The van der Waals surface area contributed by atoms with Crippen LogP contribution in [0.4, 0.5) is 10.5 Å². The van der Waals surface area contributed by atoms with Gasteiger partial charge in [-0.2, -0.15) is 4.98 Å². The number of anilines is 1. The Morgan fingerprint density at radius 2 is 2.04 bits per heavy atom. The number of carbonyl (C=O) groups excluding carboxylic acids is 1. The van der Waals surface area contributed by atoms with Gasteiger partial charge in [0, 0.05) is 26.2 Å². The molecule has 1 aromatic carbocycles. The molecule has 1 fully saturated rings. The molecular formula is C19H21N5O3S. The number of nitrogens with one attached hydrogen (secondary N) is 1. The molecule has 3 heterocycles. The maximum Gasteiger partial charge on any atom is 0.322 e. The second kappa shape index (κ2) is 8.41. The molecule has 0 unspecified atom stereocenters. The first-order valence-electron chi connectivity index (χ1n) is 9.00. The summed E-state index contributed by atoms with van der Waals surface area (Å²) < 4.78 is 10.6. The van der Waals surface area contributed by atoms with Gasteiger partial charge in [0.2, 0.25) is 11.7 Å². The maximum absolute atomic E-state index is 12.5. The van der Waals surface area contributed by atoms with Crippen molar-refractivity contribution in [1.29, 1.82) is 0 Å². The number of rotatable bonds is 5. The van der Waals surface area contributed by atoms with Crippen LogP contribution in [0.3, 0.4) is 0 Å². The summed E-state index contributed by atoms with van der Waals surface area (Å²) in [4.78, 5) is 22.0. The average molecular weight is 399 g/mol. The molecule has 1 saturated heterocycles. The monoisotopic (exact) mass is 399 g/mol. The van der Waals surface area contributed by atoms with E-state index in [1.165, 1.54) is 0 Å². The van der Waals surface area contributed by atoms with Crippen LogP contribution >= 0.6 is 11.3 Å². The number of piperazine rings is 1. The zero-order valence-electron chi connectivity index (χ0n) is 15.5. The Labute approximate surface area is 166 Å². The highest BCUT2D eigenvalue weighted by molar-refractivity contribution is 7.13. The van der Waals surface area contributed by atoms with E-state index in [0.29, 0.717) is 42.8 Å². The maximum atomic E-state index is 12.5. The Hall–Kier alpha value is -2.91. The van der Waals surface area contributed by atoms with E-state index < -0.39 is 0 Å². The van der Waals surface area contributed by atoms with Crippen LogP contribution in [0.1, 0.15) is 5.89 Å². The number of urea groups is 1. The van der Waals surface area contributed by atoms with Crippen LogP contribution in [0.5, 0.6) is 5.75 Å². The van der Waals surface area contributed by atoms with E-state index in [-0.39, 0.29) is 6.03 Å². The van der Waals surface area contributed by atoms with Crippen molar-refractivity contribution in [3.8, 4) is 16.5 Å². The van der Waals surface area contributed by atoms with E-state index in [1.54, 1.807) is 23.3 Å². The predicted molar refractivity (Wildman–Crippen MR) is 106 cm³/mol. The van der Waals surface area contributed by atoms with Crippen molar-refractivity contribution in [2.75, 3.05) is 38.6 Å². The van der Waals surface area contributed by atoms with E-state index >= 15 is 0 Å². The number of hydrogen-bond acceptors (Lipinski definition) is 7. The Morgan fingerprint density at radius 3 is 2.79 bits per heavy atom. The Balaban J connectivity index is 1.29. The van der Waals surface area contributed by atoms with E-state index in [2.05, 4.69) is 20.4 Å². The fourth-order valence-corrected chi connectivity index (χ4v) is 3.72. The standard InChI is InChI=1S/C19H21N5O3S/c1-26-15-6-3-2-5-14(15)20-19(25)24-10-8-23(9-11-24)13-17-21-18(22-27-17)16-7-4-12-28-16/h2-7,12H,8-11,13H2,1H3,(H,20,25). The third-order valence-electron chi connectivity index (χ3n) is 4.58. The molecule has 1 N–H and O–H groups in total. The smallest absolute Gasteiger partial charge is 0.322 e. The number of para-hydroxylation sites is 2. The number of thiophene rings is 1. The van der Waals surface area contributed by atoms with Crippen LogP contribution in [0.15, 0.2) is 46.3 Å². The van der Waals surface area contributed by atoms with Gasteiger partial charge in [0.15, 0.2) is 0 Å². The third-order valence-corrected chi connectivity index (χ3v) is 5.44. The quantitative estimate of drug-likeness (QED) is 0.710. The first kappa shape index (κ1) is 18.5. The topological polar surface area (TPSA) is 83.7 Å². The molecule has 0 saturated carbocycles. The number of amides is 2. The van der Waals surface area contributed by atoms with E-state index in [0.717, 1.165) is 18.0 Å². The van der Waals surface area contributed by atoms with Crippen molar-refractivity contribution in [1.82, 2.24) is 19.9 Å². The highest BCUT2D eigenvalue weighted by Crippen LogP contribution is 2.24. The van der Waals surface area contributed by atoms with Gasteiger partial charge in [-0.1, -0.05) is 23.4 Å². The van der Waals surface area contributed by atoms with Crippen LogP contribution in [0, 0.1) is 0 Å². The van der Waals surface area contributed by atoms with Crippen LogP contribution in [0.25, 0.3) is 10.7 Å². The molecule has 8 nitrogen and oxygen atoms in total. The lowest BCUT2D eigenvalue weighted by atomic mass is 10.3. The second-order valence-electron chi connectivity index (χ2n) is 6.38. The highest BCUT2D eigenvalue weighted by Gasteiger charge is 2.23. The average Bonchev–Trinajstić information content (AvgIpc) is 3.41. The molecule has 1 aliphatic heterocycles. The number of carbonyl (C=O) groups is 1. The lowest BCUT2D eigenvalue weighted by molar-refractivity contribution is 0.133. The van der Waals surface area contributed by atoms with Gasteiger partial charge in [-0.15, -0.1) is 11.3 Å². The number of ether oxygens (including phenoxy) is 1. The van der Waals surface area contributed by atoms with Crippen molar-refractivity contribution >= 4 is 23.1 Å². The van der Waals surface area contributed by atoms with Gasteiger partial charge in [-0.25, -0.2) is 4.79 Å². The molecule has 0 bridgehead atoms. The Bertz CT molecular complexity index is 919. The fourth-order valence-electron chi connectivity index (χ4n) is 3.07. The minimum Gasteiger partial charge on any atom is -0.495 e. The molecule has 28 heavy (non-hydrogen) atoms. The van der Waals surface area contributed by atoms with Crippen molar-refractivity contribution in [3.63, 3.8) is 0 Å². The first-order chi connectivity index (χ1) is 13.7. The van der Waals surface area contributed by atoms with Crippen molar-refractivity contribution in [3.05, 3.63) is 47.7 Å². The SMILES string of the molecule is COc1ccccc1NC(=O)N1CCN(Cc2nc(-c3cccs3)no2)CC1. The zero-order valence-corrected chi connectivity index (χ0v) is 16.3. The highest BCUT2D eigenvalue weighted by atomic mass is 32.1. The zero-order chi connectivity index (χ0) is 19.3. The summed E-state index contributed by atoms with van der Waals surface area (Å²) in [5.74, 6) is 1.86. The van der Waals surface area contributed by atoms with Crippen LogP contribution in [0.2, 0.25) is 0 Å². The summed E-state index contributed by atoms with van der Waals surface area (Å²) >= 11 is 1.58. The first-order valence-corrected chi connectivity index (χ1v) is 9.88. The number of nitrogens with zero attached hydrogens (tertiary/aromatic N) is 4. The van der Waals surface area contributed by atoms with Crippen LogP contribution in [-0.2, 0) is 6.54 Å².